The smallest absolute Gasteiger partial charge is 0.118 e. The molecule has 88 valence electrons. The highest BCUT2D eigenvalue weighted by atomic mass is 19.1. The van der Waals surface area contributed by atoms with Gasteiger partial charge in [0.05, 0.1) is 7.11 Å². The fourth-order valence-corrected chi connectivity index (χ4v) is 1.36. The molecule has 0 amide bonds. The van der Waals surface area contributed by atoms with Gasteiger partial charge >= 0.3 is 0 Å². The minimum absolute atomic E-state index is 0.121. The van der Waals surface area contributed by atoms with Crippen molar-refractivity contribution in [2.24, 2.45) is 0 Å². The standard InChI is InChI=1S/C13H17FO2/c1-16-13-7-5-11(6-8-13)10-12(14)4-2-3-9-15/h5-8,10,15H,2-4,9H2,1H3/b12-10-. The number of hydrogen-bond donors (Lipinski definition) is 1. The van der Waals surface area contributed by atoms with Crippen molar-refractivity contribution in [3.8, 4) is 5.75 Å². The van der Waals surface area contributed by atoms with E-state index in [2.05, 4.69) is 0 Å². The highest BCUT2D eigenvalue weighted by Crippen LogP contribution is 2.17. The van der Waals surface area contributed by atoms with E-state index in [0.717, 1.165) is 11.3 Å². The summed E-state index contributed by atoms with van der Waals surface area (Å²) in [4.78, 5) is 0. The zero-order valence-corrected chi connectivity index (χ0v) is 9.45. The van der Waals surface area contributed by atoms with Gasteiger partial charge in [0.1, 0.15) is 11.6 Å². The molecule has 0 aliphatic carbocycles. The molecule has 1 N–H and O–H groups in total. The summed E-state index contributed by atoms with van der Waals surface area (Å²) in [5.41, 5.74) is 0.822. The first-order valence-electron chi connectivity index (χ1n) is 5.37. The van der Waals surface area contributed by atoms with E-state index >= 15 is 0 Å². The Bertz CT molecular complexity index is 330. The summed E-state index contributed by atoms with van der Waals surface area (Å²) in [5.74, 6) is 0.608. The number of halogens is 1. The van der Waals surface area contributed by atoms with Gasteiger partial charge in [-0.1, -0.05) is 12.1 Å². The zero-order chi connectivity index (χ0) is 11.8. The summed E-state index contributed by atoms with van der Waals surface area (Å²) in [7, 11) is 1.60. The van der Waals surface area contributed by atoms with E-state index in [1.807, 2.05) is 12.1 Å². The number of hydrogen-bond acceptors (Lipinski definition) is 2. The van der Waals surface area contributed by atoms with Gasteiger partial charge in [-0.15, -0.1) is 0 Å². The zero-order valence-electron chi connectivity index (χ0n) is 9.45. The molecule has 0 heterocycles. The lowest BCUT2D eigenvalue weighted by molar-refractivity contribution is 0.283. The molecule has 0 aliphatic heterocycles. The van der Waals surface area contributed by atoms with E-state index in [0.29, 0.717) is 19.3 Å². The lowest BCUT2D eigenvalue weighted by Gasteiger charge is -2.00. The van der Waals surface area contributed by atoms with Crippen molar-refractivity contribution in [3.05, 3.63) is 35.7 Å². The molecule has 0 unspecified atom stereocenters. The molecule has 1 aromatic carbocycles. The molecular formula is C13H17FO2. The number of methoxy groups -OCH3 is 1. The fourth-order valence-electron chi connectivity index (χ4n) is 1.36. The summed E-state index contributed by atoms with van der Waals surface area (Å²) in [5, 5.41) is 8.57. The van der Waals surface area contributed by atoms with E-state index < -0.39 is 0 Å². The lowest BCUT2D eigenvalue weighted by Crippen LogP contribution is -1.84. The highest BCUT2D eigenvalue weighted by Gasteiger charge is 1.97. The van der Waals surface area contributed by atoms with Crippen molar-refractivity contribution in [2.75, 3.05) is 13.7 Å². The Morgan fingerprint density at radius 3 is 2.56 bits per heavy atom. The third kappa shape index (κ3) is 4.45. The van der Waals surface area contributed by atoms with Crippen LogP contribution in [0.5, 0.6) is 5.75 Å². The minimum atomic E-state index is -0.154. The number of aliphatic hydroxyl groups excluding tert-OH is 1. The second kappa shape index (κ2) is 7.01. The summed E-state index contributed by atoms with van der Waals surface area (Å²) < 4.78 is 18.4. The van der Waals surface area contributed by atoms with Crippen LogP contribution < -0.4 is 4.74 Å². The van der Waals surface area contributed by atoms with E-state index in [9.17, 15) is 4.39 Å². The second-order valence-corrected chi connectivity index (χ2v) is 3.55. The summed E-state index contributed by atoms with van der Waals surface area (Å²) >= 11 is 0. The number of benzene rings is 1. The maximum atomic E-state index is 13.3. The summed E-state index contributed by atoms with van der Waals surface area (Å²) in [6.45, 7) is 0.121. The summed E-state index contributed by atoms with van der Waals surface area (Å²) in [6.07, 6.45) is 3.21. The molecule has 0 fully saturated rings. The monoisotopic (exact) mass is 224 g/mol. The van der Waals surface area contributed by atoms with Crippen molar-refractivity contribution >= 4 is 6.08 Å². The topological polar surface area (TPSA) is 29.5 Å². The van der Waals surface area contributed by atoms with Crippen LogP contribution in [0.1, 0.15) is 24.8 Å². The third-order valence-corrected chi connectivity index (χ3v) is 2.26. The van der Waals surface area contributed by atoms with Crippen molar-refractivity contribution < 1.29 is 14.2 Å². The fraction of sp³-hybridized carbons (Fsp3) is 0.385. The normalized spacial score (nSPS) is 11.6. The highest BCUT2D eigenvalue weighted by molar-refractivity contribution is 5.52. The van der Waals surface area contributed by atoms with Gasteiger partial charge in [-0.25, -0.2) is 4.39 Å². The third-order valence-electron chi connectivity index (χ3n) is 2.26. The van der Waals surface area contributed by atoms with Gasteiger partial charge in [-0.3, -0.25) is 0 Å². The van der Waals surface area contributed by atoms with Gasteiger partial charge in [0.15, 0.2) is 0 Å². The first-order chi connectivity index (χ1) is 7.76. The predicted molar refractivity (Wildman–Crippen MR) is 63.0 cm³/mol. The van der Waals surface area contributed by atoms with Crippen LogP contribution >= 0.6 is 0 Å². The van der Waals surface area contributed by atoms with Crippen LogP contribution in [0.25, 0.3) is 6.08 Å². The van der Waals surface area contributed by atoms with Crippen LogP contribution in [0, 0.1) is 0 Å². The molecule has 1 rings (SSSR count). The lowest BCUT2D eigenvalue weighted by atomic mass is 10.1. The molecule has 0 saturated carbocycles. The number of ether oxygens (including phenoxy) is 1. The van der Waals surface area contributed by atoms with Gasteiger partial charge in [0, 0.05) is 6.61 Å². The Kier molecular flexibility index (Phi) is 5.57. The molecule has 3 heteroatoms. The van der Waals surface area contributed by atoms with Crippen LogP contribution in [0.2, 0.25) is 0 Å². The van der Waals surface area contributed by atoms with E-state index in [1.54, 1.807) is 19.2 Å². The van der Waals surface area contributed by atoms with Crippen LogP contribution in [0.4, 0.5) is 4.39 Å². The summed E-state index contributed by atoms with van der Waals surface area (Å²) in [6, 6.07) is 7.22. The molecule has 0 spiro atoms. The van der Waals surface area contributed by atoms with E-state index in [1.165, 1.54) is 6.08 Å². The Hall–Kier alpha value is -1.35. The predicted octanol–water partition coefficient (Wildman–Crippen LogP) is 3.17. The molecule has 2 nitrogen and oxygen atoms in total. The minimum Gasteiger partial charge on any atom is -0.497 e. The van der Waals surface area contributed by atoms with Crippen LogP contribution in [0.15, 0.2) is 30.1 Å². The van der Waals surface area contributed by atoms with Gasteiger partial charge in [-0.05, 0) is 43.0 Å². The largest absolute Gasteiger partial charge is 0.497 e. The number of allylic oxidation sites excluding steroid dienone is 1. The Labute approximate surface area is 95.4 Å². The molecule has 0 bridgehead atoms. The van der Waals surface area contributed by atoms with Crippen molar-refractivity contribution in [2.45, 2.75) is 19.3 Å². The first kappa shape index (κ1) is 12.7. The average Bonchev–Trinajstić information content (AvgIpc) is 2.30. The Morgan fingerprint density at radius 1 is 1.31 bits per heavy atom. The molecular weight excluding hydrogens is 207 g/mol. The van der Waals surface area contributed by atoms with E-state index in [-0.39, 0.29) is 12.4 Å². The van der Waals surface area contributed by atoms with Gasteiger partial charge in [0.2, 0.25) is 0 Å². The van der Waals surface area contributed by atoms with Crippen LogP contribution in [-0.2, 0) is 0 Å². The molecule has 0 radical (unpaired) electrons. The van der Waals surface area contributed by atoms with Crippen molar-refractivity contribution in [3.63, 3.8) is 0 Å². The number of rotatable bonds is 6. The average molecular weight is 224 g/mol. The molecule has 0 aromatic heterocycles. The Balaban J connectivity index is 2.52. The van der Waals surface area contributed by atoms with Gasteiger partial charge in [0.25, 0.3) is 0 Å². The SMILES string of the molecule is COc1ccc(/C=C(\F)CCCCO)cc1. The van der Waals surface area contributed by atoms with Crippen LogP contribution in [0.3, 0.4) is 0 Å². The number of aliphatic hydroxyl groups is 1. The molecule has 0 atom stereocenters. The number of unbranched alkanes of at least 4 members (excludes halogenated alkanes) is 1. The molecule has 0 aliphatic rings. The molecule has 0 saturated heterocycles. The Morgan fingerprint density at radius 2 is 2.00 bits per heavy atom. The van der Waals surface area contributed by atoms with Crippen molar-refractivity contribution in [1.82, 2.24) is 0 Å². The van der Waals surface area contributed by atoms with E-state index in [4.69, 9.17) is 9.84 Å². The van der Waals surface area contributed by atoms with Gasteiger partial charge < -0.3 is 9.84 Å². The molecule has 1 aromatic rings. The quantitative estimate of drug-likeness (QED) is 0.752. The van der Waals surface area contributed by atoms with Crippen LogP contribution in [-0.4, -0.2) is 18.8 Å². The van der Waals surface area contributed by atoms with Crippen molar-refractivity contribution in [1.29, 1.82) is 0 Å². The maximum Gasteiger partial charge on any atom is 0.118 e. The maximum absolute atomic E-state index is 13.3. The molecule has 16 heavy (non-hydrogen) atoms. The van der Waals surface area contributed by atoms with Gasteiger partial charge in [-0.2, -0.15) is 0 Å². The first-order valence-corrected chi connectivity index (χ1v) is 5.37. The second-order valence-electron chi connectivity index (χ2n) is 3.55.